The largest absolute Gasteiger partial charge is 0.495 e. The molecule has 1 atom stereocenters. The van der Waals surface area contributed by atoms with Crippen molar-refractivity contribution < 1.29 is 33.4 Å². The minimum absolute atomic E-state index is 0.0889. The molecule has 18 heteroatoms. The minimum atomic E-state index is -0.666. The number of benzene rings is 2. The number of anilines is 4. The van der Waals surface area contributed by atoms with Gasteiger partial charge in [0.1, 0.15) is 16.8 Å². The highest BCUT2D eigenvalue weighted by Gasteiger charge is 2.49. The maximum absolute atomic E-state index is 13.5. The predicted octanol–water partition coefficient (Wildman–Crippen LogP) is 5.10. The van der Waals surface area contributed by atoms with E-state index in [1.807, 2.05) is 38.1 Å². The van der Waals surface area contributed by atoms with Gasteiger partial charge in [-0.05, 0) is 95.2 Å². The van der Waals surface area contributed by atoms with Gasteiger partial charge < -0.3 is 44.1 Å². The molecule has 3 saturated heterocycles. The molecule has 5 aliphatic rings. The summed E-state index contributed by atoms with van der Waals surface area (Å²) in [5.41, 5.74) is 3.71. The second kappa shape index (κ2) is 17.6. The number of hydrogen-bond acceptors (Lipinski definition) is 13. The maximum atomic E-state index is 13.5. The third-order valence-electron chi connectivity index (χ3n) is 13.5. The van der Waals surface area contributed by atoms with Crippen LogP contribution in [0.4, 0.5) is 23.1 Å². The lowest BCUT2D eigenvalue weighted by Gasteiger charge is -2.55. The van der Waals surface area contributed by atoms with Crippen LogP contribution in [0.15, 0.2) is 47.4 Å². The molecule has 1 spiro atoms. The number of carbonyl (C=O) groups excluding carboxylic acids is 4. The van der Waals surface area contributed by atoms with Crippen LogP contribution in [0.1, 0.15) is 87.2 Å². The number of rotatable bonds is 12. The van der Waals surface area contributed by atoms with E-state index in [9.17, 15) is 24.0 Å². The number of nitrogens with one attached hydrogen (secondary N) is 3. The van der Waals surface area contributed by atoms with Crippen LogP contribution in [-0.2, 0) is 25.7 Å². The first-order chi connectivity index (χ1) is 30.8. The molecule has 64 heavy (non-hydrogen) atoms. The molecule has 0 bridgehead atoms. The molecule has 338 valence electrons. The molecule has 17 nitrogen and oxygen atoms in total. The van der Waals surface area contributed by atoms with E-state index in [1.165, 1.54) is 7.05 Å². The van der Waals surface area contributed by atoms with Crippen LogP contribution in [0.3, 0.4) is 0 Å². The summed E-state index contributed by atoms with van der Waals surface area (Å²) in [6.07, 6.45) is 8.28. The molecule has 1 aliphatic carbocycles. The molecular weight excluding hydrogens is 842 g/mol. The normalized spacial score (nSPS) is 20.1. The van der Waals surface area contributed by atoms with Gasteiger partial charge in [-0.3, -0.25) is 29.3 Å². The molecule has 1 saturated carbocycles. The molecule has 6 heterocycles. The average molecular weight is 896 g/mol. The van der Waals surface area contributed by atoms with Crippen molar-refractivity contribution in [3.05, 3.63) is 69.1 Å². The number of carbonyl (C=O) groups is 4. The van der Waals surface area contributed by atoms with E-state index in [-0.39, 0.29) is 65.7 Å². The van der Waals surface area contributed by atoms with Gasteiger partial charge in [-0.2, -0.15) is 4.98 Å². The average Bonchev–Trinajstić information content (AvgIpc) is 3.61. The van der Waals surface area contributed by atoms with E-state index >= 15 is 0 Å². The highest BCUT2D eigenvalue weighted by Crippen LogP contribution is 2.51. The molecule has 1 unspecified atom stereocenters. The number of aromatic nitrogens is 3. The number of imide groups is 1. The molecule has 4 fully saturated rings. The van der Waals surface area contributed by atoms with Crippen molar-refractivity contribution in [2.24, 2.45) is 5.41 Å². The van der Waals surface area contributed by atoms with Crippen molar-refractivity contribution in [1.29, 1.82) is 0 Å². The summed E-state index contributed by atoms with van der Waals surface area (Å²) in [5, 5.41) is 9.35. The molecule has 9 rings (SSSR count). The predicted molar refractivity (Wildman–Crippen MR) is 241 cm³/mol. The number of pyridine rings is 1. The molecular formula is C46H54ClN9O8. The first-order valence-corrected chi connectivity index (χ1v) is 22.5. The van der Waals surface area contributed by atoms with Crippen LogP contribution >= 0.6 is 11.6 Å². The van der Waals surface area contributed by atoms with Crippen molar-refractivity contribution >= 4 is 69.3 Å². The highest BCUT2D eigenvalue weighted by molar-refractivity contribution is 6.33. The van der Waals surface area contributed by atoms with Crippen molar-refractivity contribution in [3.63, 3.8) is 0 Å². The summed E-state index contributed by atoms with van der Waals surface area (Å²) in [7, 11) is 3.16. The second-order valence-electron chi connectivity index (χ2n) is 17.9. The van der Waals surface area contributed by atoms with Crippen molar-refractivity contribution in [2.75, 3.05) is 62.1 Å². The van der Waals surface area contributed by atoms with E-state index in [0.29, 0.717) is 41.0 Å². The van der Waals surface area contributed by atoms with Crippen molar-refractivity contribution in [2.45, 2.75) is 96.1 Å². The van der Waals surface area contributed by atoms with E-state index in [2.05, 4.69) is 30.7 Å². The van der Waals surface area contributed by atoms with Crippen molar-refractivity contribution in [3.8, 4) is 11.5 Å². The number of hydrogen-bond donors (Lipinski definition) is 3. The molecule has 4 amide bonds. The Kier molecular flexibility index (Phi) is 11.9. The van der Waals surface area contributed by atoms with Gasteiger partial charge in [0.25, 0.3) is 17.4 Å². The van der Waals surface area contributed by atoms with Gasteiger partial charge in [0.05, 0.1) is 36.7 Å². The van der Waals surface area contributed by atoms with Crippen LogP contribution in [0, 0.1) is 5.41 Å². The van der Waals surface area contributed by atoms with E-state index in [4.69, 9.17) is 30.8 Å². The van der Waals surface area contributed by atoms with Crippen LogP contribution in [0.25, 0.3) is 10.9 Å². The smallest absolute Gasteiger partial charge is 0.293 e. The zero-order valence-corrected chi connectivity index (χ0v) is 37.3. The fourth-order valence-electron chi connectivity index (χ4n) is 10.1. The Morgan fingerprint density at radius 1 is 0.969 bits per heavy atom. The highest BCUT2D eigenvalue weighted by atomic mass is 35.5. The lowest BCUT2D eigenvalue weighted by atomic mass is 9.67. The Hall–Kier alpha value is -5.94. The van der Waals surface area contributed by atoms with E-state index in [0.717, 1.165) is 92.6 Å². The van der Waals surface area contributed by atoms with Gasteiger partial charge in [-0.15, -0.1) is 0 Å². The molecule has 0 radical (unpaired) electrons. The van der Waals surface area contributed by atoms with Gasteiger partial charge >= 0.3 is 0 Å². The molecule has 4 aliphatic heterocycles. The molecule has 3 N–H and O–H groups in total. The summed E-state index contributed by atoms with van der Waals surface area (Å²) < 4.78 is 19.8. The molecule has 2 aromatic carbocycles. The van der Waals surface area contributed by atoms with Gasteiger partial charge in [0.15, 0.2) is 18.2 Å². The van der Waals surface area contributed by atoms with Crippen LogP contribution in [0.5, 0.6) is 11.5 Å². The lowest BCUT2D eigenvalue weighted by Crippen LogP contribution is -2.58. The monoisotopic (exact) mass is 895 g/mol. The number of nitrogens with zero attached hydrogens (tertiary/aromatic N) is 6. The Morgan fingerprint density at radius 3 is 2.42 bits per heavy atom. The van der Waals surface area contributed by atoms with Gasteiger partial charge in [0.2, 0.25) is 17.8 Å². The number of fused-ring (bicyclic) bond motifs is 2. The Balaban J connectivity index is 0.784. The fourth-order valence-corrected chi connectivity index (χ4v) is 10.3. The Bertz CT molecular complexity index is 2560. The Morgan fingerprint density at radius 2 is 1.72 bits per heavy atom. The number of amides is 4. The third-order valence-corrected chi connectivity index (χ3v) is 13.8. The lowest BCUT2D eigenvalue weighted by molar-refractivity contribution is -0.137. The third kappa shape index (κ3) is 8.30. The van der Waals surface area contributed by atoms with Gasteiger partial charge in [-0.1, -0.05) is 11.6 Å². The number of ether oxygens (including phenoxy) is 3. The Labute approximate surface area is 375 Å². The summed E-state index contributed by atoms with van der Waals surface area (Å²) in [6, 6.07) is 10.1. The summed E-state index contributed by atoms with van der Waals surface area (Å²) in [6.45, 7) is 7.10. The van der Waals surface area contributed by atoms with Gasteiger partial charge in [-0.25, -0.2) is 4.98 Å². The first kappa shape index (κ1) is 43.3. The van der Waals surface area contributed by atoms with Crippen LogP contribution in [0.2, 0.25) is 5.02 Å². The molecule has 4 aromatic rings. The van der Waals surface area contributed by atoms with Crippen molar-refractivity contribution in [1.82, 2.24) is 30.1 Å². The fraction of sp³-hybridized carbons (Fsp3) is 0.500. The van der Waals surface area contributed by atoms with E-state index in [1.54, 1.807) is 34.9 Å². The standard InChI is InChI=1S/C46H54ClN9O8/c1-26(2)56-34-7-5-28(19-27(34)20-37(44(56)61)63-23-39(58)48-3)50-41-33(47)21-49-45(52-41)53-17-13-30(14-18-53)64-29-11-15-46(16-12-29)24-54(25-46)40-32-22-55(35-8-10-38(57)51-42(35)59)43(60)31(32)6-9-36(40)62-4/h5-7,9,19-21,26,29-30,35H,8,10-18,22-25H2,1-4H3,(H,48,58)(H,49,50,52)(H,51,57,59). The SMILES string of the molecule is CNC(=O)COc1cc2cc(Nc3nc(N4CCC(OC5CCC6(CC5)CN(c5c(OC)ccc7c5CN(C5CCC(=O)NC5=O)C7=O)C6)CC4)ncc3Cl)ccc2n(C(C)C)c1=O. The number of likely N-dealkylation sites (N-methyl/N-ethyl adjacent to an activating group) is 1. The summed E-state index contributed by atoms with van der Waals surface area (Å²) >= 11 is 6.62. The quantitative estimate of drug-likeness (QED) is 0.160. The maximum Gasteiger partial charge on any atom is 0.293 e. The van der Waals surface area contributed by atoms with Gasteiger partial charge in [0, 0.05) is 79.8 Å². The summed E-state index contributed by atoms with van der Waals surface area (Å²) in [4.78, 5) is 78.6. The topological polar surface area (TPSA) is 190 Å². The minimum Gasteiger partial charge on any atom is -0.495 e. The molecule has 2 aromatic heterocycles. The zero-order chi connectivity index (χ0) is 44.9. The van der Waals surface area contributed by atoms with E-state index < -0.39 is 11.9 Å². The first-order valence-electron chi connectivity index (χ1n) is 22.2. The second-order valence-corrected chi connectivity index (χ2v) is 18.3. The summed E-state index contributed by atoms with van der Waals surface area (Å²) in [5.74, 6) is 0.610. The van der Waals surface area contributed by atoms with Crippen LogP contribution in [-0.4, -0.2) is 108 Å². The number of halogens is 1. The number of piperidine rings is 2. The zero-order valence-electron chi connectivity index (χ0n) is 36.6. The number of methoxy groups -OCH3 is 1. The van der Waals surface area contributed by atoms with Crippen LogP contribution < -0.4 is 40.8 Å².